The van der Waals surface area contributed by atoms with Crippen LogP contribution in [-0.4, -0.2) is 17.1 Å². The van der Waals surface area contributed by atoms with E-state index in [2.05, 4.69) is 10.5 Å². The highest BCUT2D eigenvalue weighted by molar-refractivity contribution is 5.97. The molecule has 0 aliphatic carbocycles. The van der Waals surface area contributed by atoms with Gasteiger partial charge in [0.1, 0.15) is 5.82 Å². The van der Waals surface area contributed by atoms with Crippen LogP contribution in [0.1, 0.15) is 25.0 Å². The number of benzene rings is 1. The van der Waals surface area contributed by atoms with Crippen LogP contribution in [0.4, 0.5) is 4.39 Å². The van der Waals surface area contributed by atoms with Gasteiger partial charge in [0, 0.05) is 18.2 Å². The Bertz CT molecular complexity index is 391. The topological polar surface area (TPSA) is 70.6 Å². The van der Waals surface area contributed by atoms with Gasteiger partial charge in [-0.05, 0) is 23.8 Å². The number of halogens is 1. The van der Waals surface area contributed by atoms with Crippen LogP contribution in [0.2, 0.25) is 0 Å². The van der Waals surface area contributed by atoms with E-state index in [0.717, 1.165) is 5.56 Å². The summed E-state index contributed by atoms with van der Waals surface area (Å²) in [6.07, 6.45) is 0. The molecule has 0 atom stereocenters. The normalized spacial score (nSPS) is 12.1. The molecule has 4 nitrogen and oxygen atoms in total. The number of hydrogen-bond donors (Lipinski definition) is 3. The second kappa shape index (κ2) is 5.46. The van der Waals surface area contributed by atoms with Crippen LogP contribution in [0.3, 0.4) is 0 Å². The summed E-state index contributed by atoms with van der Waals surface area (Å²) in [4.78, 5) is 0. The SMILES string of the molecule is CC(C)NCc1cc(F)cc(/C(N)=N/O)c1. The van der Waals surface area contributed by atoms with Gasteiger partial charge in [-0.3, -0.25) is 0 Å². The molecule has 0 saturated carbocycles. The van der Waals surface area contributed by atoms with Gasteiger partial charge < -0.3 is 16.3 Å². The highest BCUT2D eigenvalue weighted by atomic mass is 19.1. The van der Waals surface area contributed by atoms with Crippen molar-refractivity contribution in [2.45, 2.75) is 26.4 Å². The molecule has 88 valence electrons. The zero-order valence-electron chi connectivity index (χ0n) is 9.37. The molecule has 1 aromatic rings. The summed E-state index contributed by atoms with van der Waals surface area (Å²) >= 11 is 0. The van der Waals surface area contributed by atoms with Crippen molar-refractivity contribution in [1.82, 2.24) is 5.32 Å². The molecule has 1 aromatic carbocycles. The van der Waals surface area contributed by atoms with Crippen LogP contribution in [0.15, 0.2) is 23.4 Å². The predicted octanol–water partition coefficient (Wildman–Crippen LogP) is 1.42. The van der Waals surface area contributed by atoms with Crippen LogP contribution in [0.25, 0.3) is 0 Å². The Morgan fingerprint density at radius 3 is 2.75 bits per heavy atom. The largest absolute Gasteiger partial charge is 0.409 e. The molecule has 4 N–H and O–H groups in total. The van der Waals surface area contributed by atoms with E-state index in [9.17, 15) is 4.39 Å². The molecule has 0 amide bonds. The maximum absolute atomic E-state index is 13.2. The molecule has 0 bridgehead atoms. The molecule has 0 fully saturated rings. The Labute approximate surface area is 94.0 Å². The van der Waals surface area contributed by atoms with E-state index < -0.39 is 5.82 Å². The van der Waals surface area contributed by atoms with Gasteiger partial charge in [0.15, 0.2) is 5.84 Å². The molecule has 1 rings (SSSR count). The van der Waals surface area contributed by atoms with Crippen molar-refractivity contribution in [3.63, 3.8) is 0 Å². The van der Waals surface area contributed by atoms with Crippen LogP contribution >= 0.6 is 0 Å². The lowest BCUT2D eigenvalue weighted by atomic mass is 10.1. The van der Waals surface area contributed by atoms with Crippen molar-refractivity contribution >= 4 is 5.84 Å². The fraction of sp³-hybridized carbons (Fsp3) is 0.364. The zero-order valence-corrected chi connectivity index (χ0v) is 9.37. The van der Waals surface area contributed by atoms with Crippen molar-refractivity contribution in [2.75, 3.05) is 0 Å². The van der Waals surface area contributed by atoms with Gasteiger partial charge in [0.05, 0.1) is 0 Å². The molecular weight excluding hydrogens is 209 g/mol. The minimum absolute atomic E-state index is 0.0923. The Morgan fingerprint density at radius 2 is 2.19 bits per heavy atom. The smallest absolute Gasteiger partial charge is 0.170 e. The Kier molecular flexibility index (Phi) is 4.25. The van der Waals surface area contributed by atoms with E-state index in [1.165, 1.54) is 12.1 Å². The maximum atomic E-state index is 13.2. The van der Waals surface area contributed by atoms with Gasteiger partial charge in [-0.2, -0.15) is 0 Å². The molecule has 0 aromatic heterocycles. The van der Waals surface area contributed by atoms with E-state index in [-0.39, 0.29) is 5.84 Å². The van der Waals surface area contributed by atoms with Crippen molar-refractivity contribution in [3.8, 4) is 0 Å². The highest BCUT2D eigenvalue weighted by Gasteiger charge is 2.05. The third-order valence-corrected chi connectivity index (χ3v) is 2.08. The lowest BCUT2D eigenvalue weighted by Gasteiger charge is -2.09. The number of rotatable bonds is 4. The number of nitrogens with zero attached hydrogens (tertiary/aromatic N) is 1. The minimum Gasteiger partial charge on any atom is -0.409 e. The average Bonchev–Trinajstić information content (AvgIpc) is 2.24. The van der Waals surface area contributed by atoms with Crippen molar-refractivity contribution in [3.05, 3.63) is 35.1 Å². The van der Waals surface area contributed by atoms with Gasteiger partial charge in [-0.1, -0.05) is 19.0 Å². The second-order valence-corrected chi connectivity index (χ2v) is 3.87. The standard InChI is InChI=1S/C11H16FN3O/c1-7(2)14-6-8-3-9(11(13)15-16)5-10(12)4-8/h3-5,7,14,16H,6H2,1-2H3,(H2,13,15). The zero-order chi connectivity index (χ0) is 12.1. The average molecular weight is 225 g/mol. The van der Waals surface area contributed by atoms with Gasteiger partial charge in [0.25, 0.3) is 0 Å². The van der Waals surface area contributed by atoms with Crippen LogP contribution in [-0.2, 0) is 6.54 Å². The molecule has 0 radical (unpaired) electrons. The summed E-state index contributed by atoms with van der Waals surface area (Å²) in [5.41, 5.74) is 6.54. The van der Waals surface area contributed by atoms with Crippen molar-refractivity contribution in [1.29, 1.82) is 0 Å². The number of oxime groups is 1. The Hall–Kier alpha value is -1.62. The molecular formula is C11H16FN3O. The van der Waals surface area contributed by atoms with Gasteiger partial charge >= 0.3 is 0 Å². The first-order valence-corrected chi connectivity index (χ1v) is 5.03. The van der Waals surface area contributed by atoms with Gasteiger partial charge in [-0.15, -0.1) is 0 Å². The molecule has 5 heteroatoms. The molecule has 0 aliphatic heterocycles. The Balaban J connectivity index is 2.90. The van der Waals surface area contributed by atoms with E-state index in [0.29, 0.717) is 18.2 Å². The lowest BCUT2D eigenvalue weighted by Crippen LogP contribution is -2.22. The number of hydrogen-bond acceptors (Lipinski definition) is 3. The van der Waals surface area contributed by atoms with Crippen LogP contribution < -0.4 is 11.1 Å². The van der Waals surface area contributed by atoms with Crippen molar-refractivity contribution < 1.29 is 9.60 Å². The Morgan fingerprint density at radius 1 is 1.50 bits per heavy atom. The third-order valence-electron chi connectivity index (χ3n) is 2.08. The number of amidine groups is 1. The van der Waals surface area contributed by atoms with Crippen LogP contribution in [0, 0.1) is 5.82 Å². The van der Waals surface area contributed by atoms with Gasteiger partial charge in [-0.25, -0.2) is 4.39 Å². The van der Waals surface area contributed by atoms with Crippen molar-refractivity contribution in [2.24, 2.45) is 10.9 Å². The second-order valence-electron chi connectivity index (χ2n) is 3.87. The molecule has 0 spiro atoms. The fourth-order valence-corrected chi connectivity index (χ4v) is 1.28. The summed E-state index contributed by atoms with van der Waals surface area (Å²) < 4.78 is 13.2. The quantitative estimate of drug-likeness (QED) is 0.314. The fourth-order valence-electron chi connectivity index (χ4n) is 1.28. The summed E-state index contributed by atoms with van der Waals surface area (Å²) in [7, 11) is 0. The van der Waals surface area contributed by atoms with Crippen LogP contribution in [0.5, 0.6) is 0 Å². The van der Waals surface area contributed by atoms with E-state index in [1.807, 2.05) is 13.8 Å². The number of nitrogens with two attached hydrogens (primary N) is 1. The minimum atomic E-state index is -0.398. The van der Waals surface area contributed by atoms with Gasteiger partial charge in [0.2, 0.25) is 0 Å². The highest BCUT2D eigenvalue weighted by Crippen LogP contribution is 2.09. The maximum Gasteiger partial charge on any atom is 0.170 e. The first kappa shape index (κ1) is 12.4. The molecule has 16 heavy (non-hydrogen) atoms. The molecule has 0 saturated heterocycles. The van der Waals surface area contributed by atoms with E-state index in [4.69, 9.17) is 10.9 Å². The summed E-state index contributed by atoms with van der Waals surface area (Å²) in [5.74, 6) is -0.491. The summed E-state index contributed by atoms with van der Waals surface area (Å²) in [6, 6.07) is 4.65. The molecule has 0 unspecified atom stereocenters. The lowest BCUT2D eigenvalue weighted by molar-refractivity contribution is 0.318. The summed E-state index contributed by atoms with van der Waals surface area (Å²) in [5, 5.41) is 14.5. The van der Waals surface area contributed by atoms with E-state index >= 15 is 0 Å². The first-order valence-electron chi connectivity index (χ1n) is 5.03. The monoisotopic (exact) mass is 225 g/mol. The summed E-state index contributed by atoms with van der Waals surface area (Å²) in [6.45, 7) is 4.55. The molecule has 0 heterocycles. The number of nitrogens with one attached hydrogen (secondary N) is 1. The first-order chi connectivity index (χ1) is 7.52. The molecule has 0 aliphatic rings. The predicted molar refractivity (Wildman–Crippen MR) is 60.9 cm³/mol. The third kappa shape index (κ3) is 3.51. The van der Waals surface area contributed by atoms with E-state index in [1.54, 1.807) is 6.07 Å².